The van der Waals surface area contributed by atoms with Crippen molar-refractivity contribution in [2.45, 2.75) is 6.92 Å². The normalized spacial score (nSPS) is 11.6. The minimum absolute atomic E-state index is 0.923. The molecule has 0 aliphatic rings. The average molecular weight is 542 g/mol. The van der Waals surface area contributed by atoms with E-state index in [4.69, 9.17) is 4.42 Å². The molecule has 0 bridgehead atoms. The van der Waals surface area contributed by atoms with Crippen LogP contribution in [0.5, 0.6) is 0 Å². The molecule has 0 unspecified atom stereocenters. The maximum atomic E-state index is 6.74. The highest BCUT2D eigenvalue weighted by Crippen LogP contribution is 2.40. The first-order chi connectivity index (χ1) is 20.7. The van der Waals surface area contributed by atoms with Crippen LogP contribution in [0.4, 0.5) is 0 Å². The smallest absolute Gasteiger partial charge is 0.297 e. The summed E-state index contributed by atoms with van der Waals surface area (Å²) >= 11 is 0. The molecular weight excluding hydrogens is 512 g/mol. The highest BCUT2D eigenvalue weighted by Gasteiger charge is 2.26. The second-order valence-corrected chi connectivity index (χ2v) is 11.0. The lowest BCUT2D eigenvalue weighted by molar-refractivity contribution is -0.659. The molecule has 3 nitrogen and oxygen atoms in total. The van der Waals surface area contributed by atoms with Crippen LogP contribution in [0.1, 0.15) is 5.56 Å². The lowest BCUT2D eigenvalue weighted by Crippen LogP contribution is -2.29. The highest BCUT2D eigenvalue weighted by molar-refractivity contribution is 6.17. The number of imidazole rings is 1. The molecular formula is C39H29N2O+. The fourth-order valence-corrected chi connectivity index (χ4v) is 6.23. The summed E-state index contributed by atoms with van der Waals surface area (Å²) in [6.07, 6.45) is 4.25. The lowest BCUT2D eigenvalue weighted by atomic mass is 10.00. The fraction of sp³-hybridized carbons (Fsp3) is 0.0513. The Hall–Kier alpha value is -5.41. The Kier molecular flexibility index (Phi) is 5.58. The predicted molar refractivity (Wildman–Crippen MR) is 173 cm³/mol. The molecule has 8 rings (SSSR count). The SMILES string of the molecule is Cc1ccc2c(oc3c4ccccc4ccc23)c1-c1n(-c2ccc(-c3ccc(-c4ccccc4)cc3)cc2)cc[n+]1C. The summed E-state index contributed by atoms with van der Waals surface area (Å²) in [5.41, 5.74) is 10.1. The molecule has 0 aliphatic heterocycles. The zero-order valence-corrected chi connectivity index (χ0v) is 23.6. The molecule has 2 aromatic heterocycles. The Morgan fingerprint density at radius 2 is 1.14 bits per heavy atom. The number of hydrogen-bond acceptors (Lipinski definition) is 1. The molecule has 0 fully saturated rings. The van der Waals surface area contributed by atoms with Gasteiger partial charge in [0.2, 0.25) is 0 Å². The van der Waals surface area contributed by atoms with Gasteiger partial charge in [-0.25, -0.2) is 4.57 Å². The van der Waals surface area contributed by atoms with Gasteiger partial charge in [0.25, 0.3) is 5.82 Å². The predicted octanol–water partition coefficient (Wildman–Crippen LogP) is 9.66. The molecule has 0 aliphatic carbocycles. The molecule has 0 saturated heterocycles. The molecule has 200 valence electrons. The number of benzene rings is 6. The van der Waals surface area contributed by atoms with E-state index in [1.165, 1.54) is 33.2 Å². The first-order valence-corrected chi connectivity index (χ1v) is 14.3. The zero-order valence-electron chi connectivity index (χ0n) is 23.6. The van der Waals surface area contributed by atoms with E-state index in [-0.39, 0.29) is 0 Å². The molecule has 42 heavy (non-hydrogen) atoms. The Morgan fingerprint density at radius 1 is 0.548 bits per heavy atom. The van der Waals surface area contributed by atoms with Gasteiger partial charge in [0.1, 0.15) is 29.2 Å². The third-order valence-electron chi connectivity index (χ3n) is 8.44. The third kappa shape index (κ3) is 3.86. The topological polar surface area (TPSA) is 21.9 Å². The Balaban J connectivity index is 1.22. The molecule has 0 saturated carbocycles. The Morgan fingerprint density at radius 3 is 1.88 bits per heavy atom. The standard InChI is InChI=1S/C39H29N2O/c1-26-12-22-35-34-23-19-31-10-6-7-11-33(31)37(34)42-38(35)36(26)39-40(2)24-25-41(39)32-20-17-30(18-21-32)29-15-13-28(14-16-29)27-8-4-3-5-9-27/h3-25H,1-2H3/q+1. The van der Waals surface area contributed by atoms with E-state index in [1.807, 2.05) is 0 Å². The Bertz CT molecular complexity index is 2240. The molecule has 0 radical (unpaired) electrons. The number of rotatable bonds is 4. The summed E-state index contributed by atoms with van der Waals surface area (Å²) in [5, 5.41) is 4.61. The second kappa shape index (κ2) is 9.60. The first kappa shape index (κ1) is 24.4. The molecule has 3 heteroatoms. The summed E-state index contributed by atoms with van der Waals surface area (Å²) in [7, 11) is 2.10. The van der Waals surface area contributed by atoms with Gasteiger partial charge in [-0.05, 0) is 58.3 Å². The van der Waals surface area contributed by atoms with Crippen molar-refractivity contribution in [2.24, 2.45) is 7.05 Å². The van der Waals surface area contributed by atoms with Gasteiger partial charge in [0.15, 0.2) is 5.58 Å². The van der Waals surface area contributed by atoms with Gasteiger partial charge < -0.3 is 4.42 Å². The largest absolute Gasteiger partial charge is 0.454 e. The first-order valence-electron chi connectivity index (χ1n) is 14.3. The molecule has 0 N–H and O–H groups in total. The monoisotopic (exact) mass is 541 g/mol. The van der Waals surface area contributed by atoms with Gasteiger partial charge in [-0.15, -0.1) is 0 Å². The van der Waals surface area contributed by atoms with Crippen molar-refractivity contribution in [3.63, 3.8) is 0 Å². The summed E-state index contributed by atoms with van der Waals surface area (Å²) in [6, 6.07) is 45.3. The van der Waals surface area contributed by atoms with E-state index in [0.717, 1.165) is 44.4 Å². The van der Waals surface area contributed by atoms with Crippen LogP contribution in [-0.4, -0.2) is 4.57 Å². The van der Waals surface area contributed by atoms with E-state index in [9.17, 15) is 0 Å². The van der Waals surface area contributed by atoms with Crippen molar-refractivity contribution < 1.29 is 8.98 Å². The number of fused-ring (bicyclic) bond motifs is 5. The minimum atomic E-state index is 0.923. The van der Waals surface area contributed by atoms with E-state index in [2.05, 4.69) is 163 Å². The maximum Gasteiger partial charge on any atom is 0.297 e. The van der Waals surface area contributed by atoms with Crippen LogP contribution < -0.4 is 4.57 Å². The zero-order chi connectivity index (χ0) is 28.2. The quantitative estimate of drug-likeness (QED) is 0.203. The third-order valence-corrected chi connectivity index (χ3v) is 8.44. The van der Waals surface area contributed by atoms with Gasteiger partial charge in [-0.2, -0.15) is 4.57 Å². The van der Waals surface area contributed by atoms with E-state index in [0.29, 0.717) is 0 Å². The van der Waals surface area contributed by atoms with Crippen LogP contribution in [0.2, 0.25) is 0 Å². The van der Waals surface area contributed by atoms with Crippen LogP contribution in [0.25, 0.3) is 72.0 Å². The van der Waals surface area contributed by atoms with E-state index < -0.39 is 0 Å². The molecule has 6 aromatic carbocycles. The summed E-state index contributed by atoms with van der Waals surface area (Å²) in [5.74, 6) is 1.08. The van der Waals surface area contributed by atoms with Crippen LogP contribution in [0, 0.1) is 6.92 Å². The van der Waals surface area contributed by atoms with Crippen molar-refractivity contribution in [2.75, 3.05) is 0 Å². The summed E-state index contributed by atoms with van der Waals surface area (Å²) in [4.78, 5) is 0. The molecule has 0 amide bonds. The van der Waals surface area contributed by atoms with Gasteiger partial charge in [-0.1, -0.05) is 109 Å². The van der Waals surface area contributed by atoms with Crippen LogP contribution in [-0.2, 0) is 7.05 Å². The second-order valence-electron chi connectivity index (χ2n) is 11.0. The van der Waals surface area contributed by atoms with Crippen molar-refractivity contribution in [1.82, 2.24) is 4.57 Å². The van der Waals surface area contributed by atoms with Crippen molar-refractivity contribution in [3.8, 4) is 39.3 Å². The molecule has 8 aromatic rings. The minimum Gasteiger partial charge on any atom is -0.454 e. The number of furan rings is 1. The van der Waals surface area contributed by atoms with Crippen LogP contribution in [0.15, 0.2) is 144 Å². The van der Waals surface area contributed by atoms with Gasteiger partial charge in [-0.3, -0.25) is 0 Å². The van der Waals surface area contributed by atoms with Gasteiger partial charge >= 0.3 is 0 Å². The van der Waals surface area contributed by atoms with Crippen molar-refractivity contribution in [3.05, 3.63) is 145 Å². The van der Waals surface area contributed by atoms with Gasteiger partial charge in [0.05, 0.1) is 7.05 Å². The number of hydrogen-bond donors (Lipinski definition) is 0. The number of nitrogens with zero attached hydrogens (tertiary/aromatic N) is 2. The summed E-state index contributed by atoms with van der Waals surface area (Å²) < 4.78 is 11.2. The Labute approximate surface area is 244 Å². The summed E-state index contributed by atoms with van der Waals surface area (Å²) in [6.45, 7) is 2.17. The maximum absolute atomic E-state index is 6.74. The van der Waals surface area contributed by atoms with E-state index in [1.54, 1.807) is 0 Å². The van der Waals surface area contributed by atoms with Crippen LogP contribution >= 0.6 is 0 Å². The number of aryl methyl sites for hydroxylation is 2. The lowest BCUT2D eigenvalue weighted by Gasteiger charge is -2.08. The van der Waals surface area contributed by atoms with Crippen LogP contribution in [0.3, 0.4) is 0 Å². The average Bonchev–Trinajstić information content (AvgIpc) is 3.62. The van der Waals surface area contributed by atoms with Gasteiger partial charge in [0, 0.05) is 16.2 Å². The fourth-order valence-electron chi connectivity index (χ4n) is 6.23. The molecule has 2 heterocycles. The number of aromatic nitrogens is 2. The molecule has 0 atom stereocenters. The molecule has 0 spiro atoms. The van der Waals surface area contributed by atoms with Crippen molar-refractivity contribution >= 4 is 32.7 Å². The van der Waals surface area contributed by atoms with E-state index >= 15 is 0 Å². The highest BCUT2D eigenvalue weighted by atomic mass is 16.3. The van der Waals surface area contributed by atoms with Crippen molar-refractivity contribution in [1.29, 1.82) is 0 Å².